The minimum absolute atomic E-state index is 0.571. The van der Waals surface area contributed by atoms with Crippen LogP contribution in [0.4, 0.5) is 5.82 Å². The molecular weight excluding hydrogens is 410 g/mol. The van der Waals surface area contributed by atoms with Gasteiger partial charge in [-0.2, -0.15) is 10.2 Å². The maximum absolute atomic E-state index is 8.97. The fraction of sp³-hybridized carbons (Fsp3) is 0.222. The van der Waals surface area contributed by atoms with E-state index in [1.807, 2.05) is 61.1 Å². The van der Waals surface area contributed by atoms with Crippen molar-refractivity contribution in [3.8, 4) is 17.7 Å². The molecule has 0 aliphatic heterocycles. The Morgan fingerprint density at radius 1 is 1.00 bits per heavy atom. The molecular formula is C27H25N5O. The average Bonchev–Trinajstić information content (AvgIpc) is 3.30. The van der Waals surface area contributed by atoms with E-state index in [2.05, 4.69) is 38.1 Å². The molecule has 5 rings (SSSR count). The Bertz CT molecular complexity index is 1290. The molecule has 4 aromatic rings. The number of ether oxygens (including phenoxy) is 1. The summed E-state index contributed by atoms with van der Waals surface area (Å²) in [7, 11) is 0. The molecule has 0 spiro atoms. The first kappa shape index (κ1) is 20.8. The molecule has 0 bridgehead atoms. The Hall–Kier alpha value is -4.11. The van der Waals surface area contributed by atoms with E-state index in [0.29, 0.717) is 24.5 Å². The van der Waals surface area contributed by atoms with Crippen molar-refractivity contribution in [3.05, 3.63) is 101 Å². The van der Waals surface area contributed by atoms with Crippen LogP contribution in [-0.2, 0) is 25.9 Å². The Labute approximate surface area is 193 Å². The lowest BCUT2D eigenvalue weighted by atomic mass is 9.92. The number of benzene rings is 2. The molecule has 164 valence electrons. The van der Waals surface area contributed by atoms with Crippen molar-refractivity contribution in [1.82, 2.24) is 14.5 Å². The first-order valence-corrected chi connectivity index (χ1v) is 11.3. The van der Waals surface area contributed by atoms with Crippen LogP contribution in [0.2, 0.25) is 0 Å². The van der Waals surface area contributed by atoms with E-state index in [4.69, 9.17) is 10.00 Å². The van der Waals surface area contributed by atoms with Crippen LogP contribution < -0.4 is 10.1 Å². The zero-order valence-electron chi connectivity index (χ0n) is 18.4. The lowest BCUT2D eigenvalue weighted by Gasteiger charge is -2.16. The van der Waals surface area contributed by atoms with E-state index in [1.54, 1.807) is 0 Å². The molecule has 6 nitrogen and oxygen atoms in total. The topological polar surface area (TPSA) is 75.8 Å². The highest BCUT2D eigenvalue weighted by molar-refractivity contribution is 5.41. The molecule has 0 atom stereocenters. The predicted octanol–water partition coefficient (Wildman–Crippen LogP) is 5.48. The van der Waals surface area contributed by atoms with Crippen molar-refractivity contribution in [1.29, 1.82) is 5.26 Å². The normalized spacial score (nSPS) is 12.6. The van der Waals surface area contributed by atoms with Gasteiger partial charge in [0, 0.05) is 18.8 Å². The third kappa shape index (κ3) is 5.04. The Morgan fingerprint density at radius 2 is 1.85 bits per heavy atom. The third-order valence-corrected chi connectivity index (χ3v) is 5.95. The summed E-state index contributed by atoms with van der Waals surface area (Å²) >= 11 is 0. The van der Waals surface area contributed by atoms with Crippen LogP contribution in [0, 0.1) is 11.3 Å². The van der Waals surface area contributed by atoms with Gasteiger partial charge in [-0.15, -0.1) is 0 Å². The summed E-state index contributed by atoms with van der Waals surface area (Å²) in [4.78, 5) is 8.92. The van der Waals surface area contributed by atoms with Crippen LogP contribution in [0.5, 0.6) is 11.6 Å². The van der Waals surface area contributed by atoms with E-state index in [-0.39, 0.29) is 0 Å². The van der Waals surface area contributed by atoms with Gasteiger partial charge in [0.05, 0.1) is 30.2 Å². The summed E-state index contributed by atoms with van der Waals surface area (Å²) in [6.07, 6.45) is 8.47. The summed E-state index contributed by atoms with van der Waals surface area (Å²) in [6, 6.07) is 21.9. The highest BCUT2D eigenvalue weighted by atomic mass is 16.5. The third-order valence-electron chi connectivity index (χ3n) is 5.95. The lowest BCUT2D eigenvalue weighted by molar-refractivity contribution is 0.462. The number of pyridine rings is 1. The quantitative estimate of drug-likeness (QED) is 0.416. The van der Waals surface area contributed by atoms with Gasteiger partial charge in [-0.25, -0.2) is 4.98 Å². The SMILES string of the molecule is N#Cc1ccc(Cn2cncc2CNc2cccc(Oc3ccc4c(c3)CCCC4)n2)cc1. The van der Waals surface area contributed by atoms with Crippen LogP contribution >= 0.6 is 0 Å². The summed E-state index contributed by atoms with van der Waals surface area (Å²) in [5.74, 6) is 2.15. The first-order valence-electron chi connectivity index (χ1n) is 11.3. The van der Waals surface area contributed by atoms with E-state index in [9.17, 15) is 0 Å². The number of imidazole rings is 1. The molecule has 2 heterocycles. The zero-order chi connectivity index (χ0) is 22.5. The Balaban J connectivity index is 1.23. The van der Waals surface area contributed by atoms with Gasteiger partial charge < -0.3 is 14.6 Å². The zero-order valence-corrected chi connectivity index (χ0v) is 18.4. The van der Waals surface area contributed by atoms with Crippen LogP contribution in [0.25, 0.3) is 0 Å². The monoisotopic (exact) mass is 435 g/mol. The van der Waals surface area contributed by atoms with Crippen molar-refractivity contribution < 1.29 is 4.74 Å². The number of anilines is 1. The molecule has 6 heteroatoms. The number of fused-ring (bicyclic) bond motifs is 1. The molecule has 1 aliphatic carbocycles. The van der Waals surface area contributed by atoms with Gasteiger partial charge >= 0.3 is 0 Å². The van der Waals surface area contributed by atoms with Gasteiger partial charge in [0.25, 0.3) is 0 Å². The molecule has 1 N–H and O–H groups in total. The Morgan fingerprint density at radius 3 is 2.70 bits per heavy atom. The summed E-state index contributed by atoms with van der Waals surface area (Å²) in [5.41, 5.74) is 5.65. The fourth-order valence-corrected chi connectivity index (χ4v) is 4.16. The summed E-state index contributed by atoms with van der Waals surface area (Å²) in [6.45, 7) is 1.28. The Kier molecular flexibility index (Phi) is 6.03. The second kappa shape index (κ2) is 9.58. The molecule has 0 saturated heterocycles. The number of aryl methyl sites for hydroxylation is 2. The standard InChI is InChI=1S/C27H25N5O/c28-15-20-8-10-21(11-9-20)18-32-19-29-16-24(32)17-30-26-6-3-7-27(31-26)33-25-13-12-22-4-1-2-5-23(22)14-25/h3,6-14,16,19H,1-2,4-5,17-18H2,(H,30,31). The van der Waals surface area contributed by atoms with Gasteiger partial charge in [0.1, 0.15) is 11.6 Å². The van der Waals surface area contributed by atoms with Crippen LogP contribution in [0.1, 0.15) is 40.8 Å². The minimum atomic E-state index is 0.571. The second-order valence-electron chi connectivity index (χ2n) is 8.28. The van der Waals surface area contributed by atoms with Crippen molar-refractivity contribution in [2.24, 2.45) is 0 Å². The second-order valence-corrected chi connectivity index (χ2v) is 8.28. The molecule has 2 aromatic heterocycles. The van der Waals surface area contributed by atoms with Crippen molar-refractivity contribution in [2.45, 2.75) is 38.8 Å². The van der Waals surface area contributed by atoms with Gasteiger partial charge in [-0.3, -0.25) is 0 Å². The number of nitrogens with zero attached hydrogens (tertiary/aromatic N) is 4. The van der Waals surface area contributed by atoms with Crippen molar-refractivity contribution in [3.63, 3.8) is 0 Å². The lowest BCUT2D eigenvalue weighted by Crippen LogP contribution is -2.09. The molecule has 0 fully saturated rings. The number of hydrogen-bond acceptors (Lipinski definition) is 5. The number of aromatic nitrogens is 3. The van der Waals surface area contributed by atoms with Gasteiger partial charge in [-0.05, 0) is 72.7 Å². The summed E-state index contributed by atoms with van der Waals surface area (Å²) < 4.78 is 8.14. The minimum Gasteiger partial charge on any atom is -0.439 e. The maximum atomic E-state index is 8.97. The molecule has 0 unspecified atom stereocenters. The van der Waals surface area contributed by atoms with Crippen molar-refractivity contribution >= 4 is 5.82 Å². The van der Waals surface area contributed by atoms with Crippen LogP contribution in [0.15, 0.2) is 73.2 Å². The fourth-order valence-electron chi connectivity index (χ4n) is 4.16. The van der Waals surface area contributed by atoms with E-state index < -0.39 is 0 Å². The van der Waals surface area contributed by atoms with Gasteiger partial charge in [0.15, 0.2) is 0 Å². The first-order chi connectivity index (χ1) is 16.3. The van der Waals surface area contributed by atoms with E-state index in [0.717, 1.165) is 35.7 Å². The molecule has 0 saturated carbocycles. The highest BCUT2D eigenvalue weighted by Gasteiger charge is 2.11. The van der Waals surface area contributed by atoms with Gasteiger partial charge in [0.2, 0.25) is 5.88 Å². The number of hydrogen-bond donors (Lipinski definition) is 1. The molecule has 0 radical (unpaired) electrons. The van der Waals surface area contributed by atoms with Gasteiger partial charge in [-0.1, -0.05) is 24.3 Å². The molecule has 0 amide bonds. The molecule has 33 heavy (non-hydrogen) atoms. The molecule has 1 aliphatic rings. The molecule has 2 aromatic carbocycles. The van der Waals surface area contributed by atoms with Crippen LogP contribution in [0.3, 0.4) is 0 Å². The van der Waals surface area contributed by atoms with Crippen LogP contribution in [-0.4, -0.2) is 14.5 Å². The number of nitriles is 1. The van der Waals surface area contributed by atoms with E-state index in [1.165, 1.54) is 24.0 Å². The average molecular weight is 436 g/mol. The smallest absolute Gasteiger partial charge is 0.221 e. The predicted molar refractivity (Wildman–Crippen MR) is 127 cm³/mol. The maximum Gasteiger partial charge on any atom is 0.221 e. The van der Waals surface area contributed by atoms with Crippen molar-refractivity contribution in [2.75, 3.05) is 5.32 Å². The highest BCUT2D eigenvalue weighted by Crippen LogP contribution is 2.28. The van der Waals surface area contributed by atoms with E-state index >= 15 is 0 Å². The number of rotatable bonds is 7. The largest absolute Gasteiger partial charge is 0.439 e. The number of nitrogens with one attached hydrogen (secondary N) is 1. The summed E-state index contributed by atoms with van der Waals surface area (Å²) in [5, 5.41) is 12.3.